The molecular formula is C36H46O10S. The number of carbonyl (C=O) groups is 2. The quantitative estimate of drug-likeness (QED) is 0.0769. The van der Waals surface area contributed by atoms with Crippen LogP contribution in [0.1, 0.15) is 69.9 Å². The molecule has 0 radical (unpaired) electrons. The van der Waals surface area contributed by atoms with Crippen molar-refractivity contribution in [2.45, 2.75) is 76.5 Å². The first-order valence-electron chi connectivity index (χ1n) is 16.1. The van der Waals surface area contributed by atoms with Crippen LogP contribution < -0.4 is 9.47 Å². The number of phenols is 2. The van der Waals surface area contributed by atoms with Crippen molar-refractivity contribution in [1.29, 1.82) is 0 Å². The largest absolute Gasteiger partial charge is 0.504 e. The van der Waals surface area contributed by atoms with Gasteiger partial charge in [-0.1, -0.05) is 31.0 Å². The second-order valence-corrected chi connectivity index (χ2v) is 13.2. The highest BCUT2D eigenvalue weighted by Gasteiger charge is 2.15. The van der Waals surface area contributed by atoms with E-state index in [2.05, 4.69) is 6.07 Å². The van der Waals surface area contributed by atoms with E-state index in [9.17, 15) is 28.2 Å². The van der Waals surface area contributed by atoms with Gasteiger partial charge in [-0.2, -0.15) is 0 Å². The van der Waals surface area contributed by atoms with Crippen LogP contribution in [-0.2, 0) is 41.7 Å². The van der Waals surface area contributed by atoms with E-state index in [1.165, 1.54) is 24.3 Å². The SMILES string of the molecule is CCOC(=O)CCCOc1cccc(CCCCCCOc2cc(-c3ccc(O)c(O)c3)cc(S(C)(=O)=O)c2)c1CCC(=O)OCC. The highest BCUT2D eigenvalue weighted by Crippen LogP contribution is 2.34. The van der Waals surface area contributed by atoms with E-state index in [1.807, 2.05) is 12.1 Å². The number of hydrogen-bond acceptors (Lipinski definition) is 10. The fourth-order valence-electron chi connectivity index (χ4n) is 5.06. The number of sulfone groups is 1. The van der Waals surface area contributed by atoms with Crippen LogP contribution in [0.2, 0.25) is 0 Å². The van der Waals surface area contributed by atoms with Gasteiger partial charge < -0.3 is 29.2 Å². The maximum Gasteiger partial charge on any atom is 0.306 e. The molecule has 0 fully saturated rings. The zero-order valence-corrected chi connectivity index (χ0v) is 28.3. The Bertz CT molecular complexity index is 1580. The van der Waals surface area contributed by atoms with Gasteiger partial charge in [0.1, 0.15) is 11.5 Å². The normalized spacial score (nSPS) is 11.2. The van der Waals surface area contributed by atoms with Gasteiger partial charge in [-0.15, -0.1) is 0 Å². The average Bonchev–Trinajstić information content (AvgIpc) is 3.03. The number of phenolic OH excluding ortho intramolecular Hbond substituents is 2. The zero-order chi connectivity index (χ0) is 34.2. The van der Waals surface area contributed by atoms with Crippen molar-refractivity contribution in [2.24, 2.45) is 0 Å². The number of aromatic hydroxyl groups is 2. The number of hydrogen-bond donors (Lipinski definition) is 2. The number of aryl methyl sites for hydroxylation is 1. The summed E-state index contributed by atoms with van der Waals surface area (Å²) in [7, 11) is -3.52. The number of unbranched alkanes of at least 4 members (excludes halogenated alkanes) is 3. The van der Waals surface area contributed by atoms with Crippen molar-refractivity contribution in [3.63, 3.8) is 0 Å². The fraction of sp³-hybridized carbons (Fsp3) is 0.444. The highest BCUT2D eigenvalue weighted by molar-refractivity contribution is 7.90. The molecule has 3 rings (SSSR count). The Hall–Kier alpha value is -4.25. The van der Waals surface area contributed by atoms with Crippen LogP contribution in [0, 0.1) is 0 Å². The smallest absolute Gasteiger partial charge is 0.306 e. The van der Waals surface area contributed by atoms with Crippen LogP contribution in [0.25, 0.3) is 11.1 Å². The van der Waals surface area contributed by atoms with Gasteiger partial charge in [0.15, 0.2) is 21.3 Å². The maximum absolute atomic E-state index is 12.3. The molecule has 47 heavy (non-hydrogen) atoms. The van der Waals surface area contributed by atoms with Gasteiger partial charge in [0.25, 0.3) is 0 Å². The van der Waals surface area contributed by atoms with E-state index in [0.29, 0.717) is 61.9 Å². The summed E-state index contributed by atoms with van der Waals surface area (Å²) in [6.45, 7) is 4.99. The second-order valence-electron chi connectivity index (χ2n) is 11.1. The number of carbonyl (C=O) groups excluding carboxylic acids is 2. The summed E-state index contributed by atoms with van der Waals surface area (Å²) < 4.78 is 46.7. The molecule has 3 aromatic rings. The predicted molar refractivity (Wildman–Crippen MR) is 179 cm³/mol. The molecule has 0 unspecified atom stereocenters. The molecular weight excluding hydrogens is 624 g/mol. The summed E-state index contributed by atoms with van der Waals surface area (Å²) in [6.07, 6.45) is 6.99. The Balaban J connectivity index is 1.55. The lowest BCUT2D eigenvalue weighted by atomic mass is 9.96. The third-order valence-corrected chi connectivity index (χ3v) is 8.52. The van der Waals surface area contributed by atoms with Gasteiger partial charge in [-0.25, -0.2) is 8.42 Å². The van der Waals surface area contributed by atoms with Gasteiger partial charge in [0, 0.05) is 19.1 Å². The zero-order valence-electron chi connectivity index (χ0n) is 27.5. The Labute approximate surface area is 277 Å². The maximum atomic E-state index is 12.3. The molecule has 0 heterocycles. The Morgan fingerprint density at radius 1 is 0.702 bits per heavy atom. The lowest BCUT2D eigenvalue weighted by Gasteiger charge is -2.16. The minimum absolute atomic E-state index is 0.0986. The predicted octanol–water partition coefficient (Wildman–Crippen LogP) is 6.57. The highest BCUT2D eigenvalue weighted by atomic mass is 32.2. The van der Waals surface area contributed by atoms with Gasteiger partial charge in [0.05, 0.1) is 31.3 Å². The number of rotatable bonds is 20. The topological polar surface area (TPSA) is 146 Å². The van der Waals surface area contributed by atoms with E-state index < -0.39 is 9.84 Å². The van der Waals surface area contributed by atoms with E-state index in [1.54, 1.807) is 26.0 Å². The van der Waals surface area contributed by atoms with Crippen LogP contribution in [0.3, 0.4) is 0 Å². The number of esters is 2. The molecule has 11 heteroatoms. The molecule has 0 aliphatic heterocycles. The van der Waals surface area contributed by atoms with E-state index in [4.69, 9.17) is 18.9 Å². The van der Waals surface area contributed by atoms with Gasteiger partial charge in [-0.05, 0) is 105 Å². The molecule has 0 spiro atoms. The van der Waals surface area contributed by atoms with Crippen molar-refractivity contribution in [1.82, 2.24) is 0 Å². The van der Waals surface area contributed by atoms with Gasteiger partial charge >= 0.3 is 11.9 Å². The fourth-order valence-corrected chi connectivity index (χ4v) is 5.73. The molecule has 0 saturated heterocycles. The minimum Gasteiger partial charge on any atom is -0.504 e. The molecule has 0 atom stereocenters. The molecule has 10 nitrogen and oxygen atoms in total. The summed E-state index contributed by atoms with van der Waals surface area (Å²) in [5.74, 6) is 0.0432. The van der Waals surface area contributed by atoms with Crippen molar-refractivity contribution in [3.05, 3.63) is 65.7 Å². The summed E-state index contributed by atoms with van der Waals surface area (Å²) >= 11 is 0. The molecule has 0 amide bonds. The number of benzene rings is 3. The molecule has 0 bridgehead atoms. The summed E-state index contributed by atoms with van der Waals surface area (Å²) in [5.41, 5.74) is 3.17. The van der Waals surface area contributed by atoms with Crippen molar-refractivity contribution < 1.29 is 47.2 Å². The van der Waals surface area contributed by atoms with E-state index in [-0.39, 0.29) is 41.2 Å². The first-order valence-corrected chi connectivity index (χ1v) is 18.0. The Kier molecular flexibility index (Phi) is 14.9. The molecule has 2 N–H and O–H groups in total. The van der Waals surface area contributed by atoms with Crippen molar-refractivity contribution in [3.8, 4) is 34.1 Å². The van der Waals surface area contributed by atoms with Crippen LogP contribution in [0.5, 0.6) is 23.0 Å². The molecule has 0 aliphatic rings. The first-order chi connectivity index (χ1) is 22.5. The lowest BCUT2D eigenvalue weighted by Crippen LogP contribution is -2.10. The standard InChI is InChI=1S/C36H46O10S/c1-4-43-35(39)15-11-21-46-34-14-10-13-26(31(34)17-19-36(40)44-5-2)12-8-6-7-9-20-45-29-22-28(23-30(25-29)47(3,41)42)27-16-18-32(37)33(38)24-27/h10,13-14,16,18,22-25,37-38H,4-9,11-12,15,17,19-21H2,1-3H3. The summed E-state index contributed by atoms with van der Waals surface area (Å²) in [5, 5.41) is 19.6. The third kappa shape index (κ3) is 12.5. The molecule has 3 aromatic carbocycles. The Morgan fingerprint density at radius 3 is 2.11 bits per heavy atom. The lowest BCUT2D eigenvalue weighted by molar-refractivity contribution is -0.144. The van der Waals surface area contributed by atoms with Crippen LogP contribution in [0.4, 0.5) is 0 Å². The van der Waals surface area contributed by atoms with Crippen LogP contribution in [0.15, 0.2) is 59.5 Å². The third-order valence-electron chi connectivity index (χ3n) is 7.43. The average molecular weight is 671 g/mol. The van der Waals surface area contributed by atoms with E-state index in [0.717, 1.165) is 49.5 Å². The molecule has 0 aliphatic carbocycles. The Morgan fingerprint density at radius 2 is 1.40 bits per heavy atom. The van der Waals surface area contributed by atoms with Gasteiger partial charge in [-0.3, -0.25) is 9.59 Å². The van der Waals surface area contributed by atoms with Crippen molar-refractivity contribution >= 4 is 21.8 Å². The molecule has 0 saturated carbocycles. The van der Waals surface area contributed by atoms with E-state index >= 15 is 0 Å². The summed E-state index contributed by atoms with van der Waals surface area (Å²) in [6, 6.07) is 14.9. The minimum atomic E-state index is -3.52. The number of ether oxygens (including phenoxy) is 4. The molecule has 0 aromatic heterocycles. The summed E-state index contributed by atoms with van der Waals surface area (Å²) in [4.78, 5) is 23.9. The van der Waals surface area contributed by atoms with Crippen molar-refractivity contribution in [2.75, 3.05) is 32.7 Å². The van der Waals surface area contributed by atoms with Gasteiger partial charge in [0.2, 0.25) is 0 Å². The van der Waals surface area contributed by atoms with Crippen LogP contribution in [-0.4, -0.2) is 63.3 Å². The first kappa shape index (κ1) is 37.2. The van der Waals surface area contributed by atoms with Crippen LogP contribution >= 0.6 is 0 Å². The monoisotopic (exact) mass is 670 g/mol. The second kappa shape index (κ2) is 18.8. The molecule has 256 valence electrons.